The zero-order valence-electron chi connectivity index (χ0n) is 13.0. The summed E-state index contributed by atoms with van der Waals surface area (Å²) in [4.78, 5) is 15.6. The molecule has 0 aliphatic rings. The van der Waals surface area contributed by atoms with Crippen LogP contribution in [-0.2, 0) is 11.3 Å². The van der Waals surface area contributed by atoms with Gasteiger partial charge in [-0.05, 0) is 43.3 Å². The number of carbonyl (C=O) groups is 1. The van der Waals surface area contributed by atoms with Crippen molar-refractivity contribution in [2.45, 2.75) is 26.4 Å². The summed E-state index contributed by atoms with van der Waals surface area (Å²) >= 11 is 0. The molecule has 0 aliphatic carbocycles. The predicted molar refractivity (Wildman–Crippen MR) is 84.6 cm³/mol. The van der Waals surface area contributed by atoms with E-state index >= 15 is 0 Å². The molecule has 0 saturated carbocycles. The van der Waals surface area contributed by atoms with Gasteiger partial charge in [0.05, 0.1) is 6.26 Å². The maximum Gasteiger partial charge on any atom is 0.250 e. The van der Waals surface area contributed by atoms with Crippen LogP contribution in [0.25, 0.3) is 11.6 Å². The molecule has 0 N–H and O–H groups in total. The third-order valence-electron chi connectivity index (χ3n) is 3.29. The lowest BCUT2D eigenvalue weighted by Crippen LogP contribution is -2.39. The van der Waals surface area contributed by atoms with Crippen molar-refractivity contribution in [1.82, 2.24) is 20.2 Å². The Labute approximate surface area is 133 Å². The van der Waals surface area contributed by atoms with Crippen LogP contribution in [0.5, 0.6) is 0 Å². The largest absolute Gasteiger partial charge is 0.461 e. The minimum absolute atomic E-state index is 0.0147. The molecular weight excluding hydrogens is 294 g/mol. The summed E-state index contributed by atoms with van der Waals surface area (Å²) < 4.78 is 5.22. The molecular formula is C16H17N5O2. The van der Waals surface area contributed by atoms with E-state index in [1.165, 1.54) is 11.1 Å². The van der Waals surface area contributed by atoms with Crippen molar-refractivity contribution in [3.63, 3.8) is 0 Å². The van der Waals surface area contributed by atoms with Crippen LogP contribution in [0.4, 0.5) is 5.69 Å². The van der Waals surface area contributed by atoms with Gasteiger partial charge in [-0.1, -0.05) is 18.2 Å². The van der Waals surface area contributed by atoms with E-state index in [-0.39, 0.29) is 18.5 Å². The Kier molecular flexibility index (Phi) is 4.18. The van der Waals surface area contributed by atoms with Crippen molar-refractivity contribution in [2.24, 2.45) is 0 Å². The summed E-state index contributed by atoms with van der Waals surface area (Å²) in [6.45, 7) is 3.95. The number of hydrogen-bond acceptors (Lipinski definition) is 5. The fraction of sp³-hybridized carbons (Fsp3) is 0.250. The van der Waals surface area contributed by atoms with Crippen molar-refractivity contribution in [3.8, 4) is 11.6 Å². The fourth-order valence-electron chi connectivity index (χ4n) is 2.33. The molecule has 0 radical (unpaired) electrons. The first-order valence-corrected chi connectivity index (χ1v) is 7.34. The first kappa shape index (κ1) is 15.0. The van der Waals surface area contributed by atoms with Gasteiger partial charge in [0.25, 0.3) is 5.91 Å². The van der Waals surface area contributed by atoms with E-state index in [2.05, 4.69) is 15.4 Å². The van der Waals surface area contributed by atoms with E-state index in [9.17, 15) is 4.79 Å². The number of hydrogen-bond donors (Lipinski definition) is 0. The molecule has 3 aromatic rings. The molecule has 1 amide bonds. The standard InChI is InChI=1S/C16H17N5O2/c1-12(2)21(13-7-4-3-5-8-13)15(22)11-20-18-16(17-19-20)14-9-6-10-23-14/h3-10,12H,11H2,1-2H3. The second-order valence-corrected chi connectivity index (χ2v) is 5.31. The number of furan rings is 1. The number of tetrazole rings is 1. The molecule has 0 spiro atoms. The number of carbonyl (C=O) groups excluding carboxylic acids is 1. The number of nitrogens with zero attached hydrogens (tertiary/aromatic N) is 5. The lowest BCUT2D eigenvalue weighted by molar-refractivity contribution is -0.119. The van der Waals surface area contributed by atoms with Crippen LogP contribution in [0.2, 0.25) is 0 Å². The smallest absolute Gasteiger partial charge is 0.250 e. The molecule has 3 rings (SSSR count). The Bertz CT molecular complexity index is 765. The van der Waals surface area contributed by atoms with Crippen molar-refractivity contribution in [2.75, 3.05) is 4.90 Å². The van der Waals surface area contributed by atoms with Gasteiger partial charge >= 0.3 is 0 Å². The van der Waals surface area contributed by atoms with Crippen LogP contribution >= 0.6 is 0 Å². The highest BCUT2D eigenvalue weighted by Crippen LogP contribution is 2.17. The minimum Gasteiger partial charge on any atom is -0.461 e. The maximum absolute atomic E-state index is 12.6. The number of para-hydroxylation sites is 1. The summed E-state index contributed by atoms with van der Waals surface area (Å²) in [5.41, 5.74) is 0.846. The van der Waals surface area contributed by atoms with Gasteiger partial charge in [-0.2, -0.15) is 4.80 Å². The van der Waals surface area contributed by atoms with Gasteiger partial charge in [0.1, 0.15) is 6.54 Å². The van der Waals surface area contributed by atoms with Crippen LogP contribution < -0.4 is 4.90 Å². The number of aromatic nitrogens is 4. The zero-order chi connectivity index (χ0) is 16.2. The SMILES string of the molecule is CC(C)N(C(=O)Cn1nnc(-c2ccco2)n1)c1ccccc1. The molecule has 1 aromatic carbocycles. The Hall–Kier alpha value is -2.96. The second-order valence-electron chi connectivity index (χ2n) is 5.31. The summed E-state index contributed by atoms with van der Waals surface area (Å²) in [6, 6.07) is 13.0. The highest BCUT2D eigenvalue weighted by Gasteiger charge is 2.20. The van der Waals surface area contributed by atoms with Crippen LogP contribution in [-0.4, -0.2) is 32.2 Å². The third-order valence-corrected chi connectivity index (χ3v) is 3.29. The second kappa shape index (κ2) is 6.43. The van der Waals surface area contributed by atoms with Crippen LogP contribution in [0.3, 0.4) is 0 Å². The summed E-state index contributed by atoms with van der Waals surface area (Å²) in [6.07, 6.45) is 1.54. The van der Waals surface area contributed by atoms with Gasteiger partial charge < -0.3 is 9.32 Å². The lowest BCUT2D eigenvalue weighted by Gasteiger charge is -2.26. The quantitative estimate of drug-likeness (QED) is 0.723. The van der Waals surface area contributed by atoms with E-state index in [0.29, 0.717) is 11.6 Å². The average Bonchev–Trinajstić information content (AvgIpc) is 3.19. The number of anilines is 1. The van der Waals surface area contributed by atoms with Gasteiger partial charge in [0.2, 0.25) is 5.82 Å². The molecule has 0 unspecified atom stereocenters. The van der Waals surface area contributed by atoms with Crippen LogP contribution in [0.15, 0.2) is 53.1 Å². The highest BCUT2D eigenvalue weighted by atomic mass is 16.3. The Balaban J connectivity index is 1.77. The van der Waals surface area contributed by atoms with Crippen molar-refractivity contribution in [3.05, 3.63) is 48.7 Å². The van der Waals surface area contributed by atoms with Crippen LogP contribution in [0.1, 0.15) is 13.8 Å². The maximum atomic E-state index is 12.6. The first-order chi connectivity index (χ1) is 11.1. The van der Waals surface area contributed by atoms with Gasteiger partial charge in [-0.25, -0.2) is 0 Å². The fourth-order valence-corrected chi connectivity index (χ4v) is 2.33. The molecule has 0 atom stereocenters. The molecule has 0 bridgehead atoms. The third kappa shape index (κ3) is 3.28. The topological polar surface area (TPSA) is 77.0 Å². The minimum atomic E-state index is -0.102. The van der Waals surface area contributed by atoms with Crippen molar-refractivity contribution < 1.29 is 9.21 Å². The van der Waals surface area contributed by atoms with E-state index in [0.717, 1.165) is 5.69 Å². The van der Waals surface area contributed by atoms with E-state index in [1.54, 1.807) is 17.0 Å². The zero-order valence-corrected chi connectivity index (χ0v) is 13.0. The summed E-state index contributed by atoms with van der Waals surface area (Å²) in [5.74, 6) is 0.778. The number of benzene rings is 1. The molecule has 7 heteroatoms. The van der Waals surface area contributed by atoms with Gasteiger partial charge in [-0.15, -0.1) is 10.2 Å². The lowest BCUT2D eigenvalue weighted by atomic mass is 10.2. The van der Waals surface area contributed by atoms with Gasteiger partial charge in [0.15, 0.2) is 5.76 Å². The summed E-state index contributed by atoms with van der Waals surface area (Å²) in [7, 11) is 0. The number of rotatable bonds is 5. The molecule has 2 aromatic heterocycles. The monoisotopic (exact) mass is 311 g/mol. The van der Waals surface area contributed by atoms with E-state index in [1.807, 2.05) is 44.2 Å². The average molecular weight is 311 g/mol. The molecule has 118 valence electrons. The predicted octanol–water partition coefficient (Wildman–Crippen LogP) is 2.37. The molecule has 0 fully saturated rings. The molecule has 0 aliphatic heterocycles. The summed E-state index contributed by atoms with van der Waals surface area (Å²) in [5, 5.41) is 12.0. The van der Waals surface area contributed by atoms with Gasteiger partial charge in [-0.3, -0.25) is 4.79 Å². The molecule has 2 heterocycles. The van der Waals surface area contributed by atoms with Crippen LogP contribution in [0, 0.1) is 0 Å². The Morgan fingerprint density at radius 2 is 2.00 bits per heavy atom. The first-order valence-electron chi connectivity index (χ1n) is 7.34. The molecule has 7 nitrogen and oxygen atoms in total. The Morgan fingerprint density at radius 3 is 2.65 bits per heavy atom. The van der Waals surface area contributed by atoms with Crippen molar-refractivity contribution >= 4 is 11.6 Å². The molecule has 23 heavy (non-hydrogen) atoms. The Morgan fingerprint density at radius 1 is 1.22 bits per heavy atom. The molecule has 0 saturated heterocycles. The van der Waals surface area contributed by atoms with Crippen molar-refractivity contribution in [1.29, 1.82) is 0 Å². The highest BCUT2D eigenvalue weighted by molar-refractivity contribution is 5.93. The number of amides is 1. The van der Waals surface area contributed by atoms with E-state index < -0.39 is 0 Å². The van der Waals surface area contributed by atoms with E-state index in [4.69, 9.17) is 4.42 Å². The van der Waals surface area contributed by atoms with Gasteiger partial charge in [0, 0.05) is 11.7 Å². The normalized spacial score (nSPS) is 10.9.